The normalized spacial score (nSPS) is 12.4. The molecule has 0 aliphatic heterocycles. The summed E-state index contributed by atoms with van der Waals surface area (Å²) in [4.78, 5) is 38.0. The number of hydrogen-bond acceptors (Lipinski definition) is 6. The quantitative estimate of drug-likeness (QED) is 0.0199. The molecule has 0 radical (unpaired) electrons. The molecule has 1 unspecified atom stereocenters. The lowest BCUT2D eigenvalue weighted by Gasteiger charge is -2.18. The number of rotatable bonds is 48. The van der Waals surface area contributed by atoms with Gasteiger partial charge in [0.1, 0.15) is 13.2 Å². The maximum absolute atomic E-state index is 12.8. The van der Waals surface area contributed by atoms with Crippen molar-refractivity contribution in [2.75, 3.05) is 13.2 Å². The van der Waals surface area contributed by atoms with Crippen LogP contribution in [0.25, 0.3) is 0 Å². The molecule has 0 N–H and O–H groups in total. The van der Waals surface area contributed by atoms with Crippen molar-refractivity contribution in [3.8, 4) is 0 Å². The zero-order valence-corrected chi connectivity index (χ0v) is 41.1. The van der Waals surface area contributed by atoms with Gasteiger partial charge in [0.25, 0.3) is 0 Å². The zero-order chi connectivity index (χ0) is 45.1. The predicted octanol–water partition coefficient (Wildman–Crippen LogP) is 17.5. The van der Waals surface area contributed by atoms with Crippen molar-refractivity contribution >= 4 is 17.9 Å². The molecule has 0 saturated carbocycles. The van der Waals surface area contributed by atoms with Gasteiger partial charge in [0.05, 0.1) is 0 Å². The molecule has 0 spiro atoms. The number of esters is 3. The summed E-state index contributed by atoms with van der Waals surface area (Å²) >= 11 is 0. The van der Waals surface area contributed by atoms with Gasteiger partial charge < -0.3 is 14.2 Å². The van der Waals surface area contributed by atoms with Crippen molar-refractivity contribution < 1.29 is 28.6 Å². The molecular formula is C56H100O6. The zero-order valence-electron chi connectivity index (χ0n) is 41.1. The molecule has 0 aromatic heterocycles. The van der Waals surface area contributed by atoms with E-state index in [2.05, 4.69) is 69.4 Å². The van der Waals surface area contributed by atoms with E-state index >= 15 is 0 Å². The first-order chi connectivity index (χ1) is 30.5. The first kappa shape index (κ1) is 59.4. The summed E-state index contributed by atoms with van der Waals surface area (Å²) in [5, 5.41) is 0. The lowest BCUT2D eigenvalue weighted by atomic mass is 10.0. The molecule has 0 amide bonds. The van der Waals surface area contributed by atoms with Gasteiger partial charge in [-0.15, -0.1) is 0 Å². The second-order valence-electron chi connectivity index (χ2n) is 17.8. The number of carbonyl (C=O) groups excluding carboxylic acids is 3. The van der Waals surface area contributed by atoms with Gasteiger partial charge in [-0.25, -0.2) is 0 Å². The van der Waals surface area contributed by atoms with Crippen LogP contribution in [0.1, 0.15) is 271 Å². The summed E-state index contributed by atoms with van der Waals surface area (Å²) in [6, 6.07) is 0. The molecule has 6 heteroatoms. The molecule has 0 rings (SSSR count). The van der Waals surface area contributed by atoms with E-state index in [0.717, 1.165) is 83.5 Å². The number of hydrogen-bond donors (Lipinski definition) is 0. The number of unbranched alkanes of at least 4 members (excludes halogenated alkanes) is 31. The number of carbonyl (C=O) groups is 3. The molecule has 0 fully saturated rings. The molecule has 0 aliphatic carbocycles. The molecule has 0 saturated heterocycles. The van der Waals surface area contributed by atoms with Gasteiger partial charge in [0.15, 0.2) is 6.10 Å². The second-order valence-corrected chi connectivity index (χ2v) is 17.8. The highest BCUT2D eigenvalue weighted by molar-refractivity contribution is 5.71. The SMILES string of the molecule is CCCCC/C=C\CCCCCCCC(=O)OCC(COC(=O)CCCCCCC\C=C/C=C\C=C/CCCCCCC)OC(=O)CCCCCCCCCCCCCCCC. The molecular weight excluding hydrogens is 769 g/mol. The lowest BCUT2D eigenvalue weighted by Crippen LogP contribution is -2.30. The minimum Gasteiger partial charge on any atom is -0.462 e. The van der Waals surface area contributed by atoms with Gasteiger partial charge in [-0.3, -0.25) is 14.4 Å². The first-order valence-corrected chi connectivity index (χ1v) is 26.7. The standard InChI is InChI=1S/C56H100O6/c1-4-7-10-13-16-19-22-25-27-28-29-30-32-34-37-40-43-46-49-55(58)61-52-53(51-60-54(57)48-45-42-39-36-33-24-21-18-15-12-9-6-3)62-56(59)50-47-44-41-38-35-31-26-23-20-17-14-11-8-5-2/h18,21-22,25,27-30,53H,4-17,19-20,23-24,26,31-52H2,1-3H3/b21-18-,25-22-,28-27-,30-29-. The summed E-state index contributed by atoms with van der Waals surface area (Å²) in [6.07, 6.45) is 60.9. The highest BCUT2D eigenvalue weighted by Gasteiger charge is 2.19. The van der Waals surface area contributed by atoms with E-state index in [1.165, 1.54) is 148 Å². The summed E-state index contributed by atoms with van der Waals surface area (Å²) in [6.45, 7) is 6.59. The summed E-state index contributed by atoms with van der Waals surface area (Å²) in [5.41, 5.74) is 0. The maximum Gasteiger partial charge on any atom is 0.306 e. The van der Waals surface area contributed by atoms with Crippen LogP contribution >= 0.6 is 0 Å². The summed E-state index contributed by atoms with van der Waals surface area (Å²) in [7, 11) is 0. The van der Waals surface area contributed by atoms with Crippen molar-refractivity contribution in [1.82, 2.24) is 0 Å². The van der Waals surface area contributed by atoms with Gasteiger partial charge >= 0.3 is 17.9 Å². The third kappa shape index (κ3) is 48.4. The van der Waals surface area contributed by atoms with E-state index in [0.29, 0.717) is 19.3 Å². The molecule has 360 valence electrons. The van der Waals surface area contributed by atoms with E-state index in [-0.39, 0.29) is 31.1 Å². The Morgan fingerprint density at radius 1 is 0.323 bits per heavy atom. The van der Waals surface area contributed by atoms with Crippen LogP contribution in [0.4, 0.5) is 0 Å². The Hall–Kier alpha value is -2.63. The number of allylic oxidation sites excluding steroid dienone is 8. The van der Waals surface area contributed by atoms with Crippen molar-refractivity contribution in [1.29, 1.82) is 0 Å². The summed E-state index contributed by atoms with van der Waals surface area (Å²) < 4.78 is 16.8. The lowest BCUT2D eigenvalue weighted by molar-refractivity contribution is -0.167. The third-order valence-electron chi connectivity index (χ3n) is 11.6. The van der Waals surface area contributed by atoms with Gasteiger partial charge in [0, 0.05) is 19.3 Å². The van der Waals surface area contributed by atoms with Crippen LogP contribution in [-0.4, -0.2) is 37.2 Å². The number of ether oxygens (including phenoxy) is 3. The molecule has 0 aliphatic rings. The van der Waals surface area contributed by atoms with Crippen LogP contribution in [0.3, 0.4) is 0 Å². The van der Waals surface area contributed by atoms with Crippen LogP contribution in [0.5, 0.6) is 0 Å². The Labute approximate surface area is 384 Å². The van der Waals surface area contributed by atoms with Crippen LogP contribution < -0.4 is 0 Å². The summed E-state index contributed by atoms with van der Waals surface area (Å²) in [5.74, 6) is -0.901. The second kappa shape index (κ2) is 51.0. The minimum atomic E-state index is -0.781. The Balaban J connectivity index is 4.39. The monoisotopic (exact) mass is 869 g/mol. The third-order valence-corrected chi connectivity index (χ3v) is 11.6. The molecule has 0 aromatic rings. The average Bonchev–Trinajstić information content (AvgIpc) is 3.27. The molecule has 0 heterocycles. The maximum atomic E-state index is 12.8. The Bertz CT molecular complexity index is 1090. The van der Waals surface area contributed by atoms with Crippen LogP contribution in [0.15, 0.2) is 48.6 Å². The Morgan fingerprint density at radius 3 is 0.968 bits per heavy atom. The fourth-order valence-electron chi connectivity index (χ4n) is 7.56. The van der Waals surface area contributed by atoms with E-state index in [1.54, 1.807) is 0 Å². The van der Waals surface area contributed by atoms with Gasteiger partial charge in [0.2, 0.25) is 0 Å². The Morgan fingerprint density at radius 2 is 0.597 bits per heavy atom. The van der Waals surface area contributed by atoms with Gasteiger partial charge in [-0.2, -0.15) is 0 Å². The fraction of sp³-hybridized carbons (Fsp3) is 0.804. The van der Waals surface area contributed by atoms with Crippen molar-refractivity contribution in [3.05, 3.63) is 48.6 Å². The topological polar surface area (TPSA) is 78.9 Å². The minimum absolute atomic E-state index is 0.0820. The predicted molar refractivity (Wildman–Crippen MR) is 265 cm³/mol. The van der Waals surface area contributed by atoms with E-state index in [1.807, 2.05) is 0 Å². The van der Waals surface area contributed by atoms with Crippen molar-refractivity contribution in [2.45, 2.75) is 277 Å². The van der Waals surface area contributed by atoms with Crippen LogP contribution in [0.2, 0.25) is 0 Å². The van der Waals surface area contributed by atoms with Crippen molar-refractivity contribution in [2.24, 2.45) is 0 Å². The average molecular weight is 869 g/mol. The van der Waals surface area contributed by atoms with E-state index in [9.17, 15) is 14.4 Å². The molecule has 0 bridgehead atoms. The van der Waals surface area contributed by atoms with Crippen molar-refractivity contribution in [3.63, 3.8) is 0 Å². The molecule has 0 aromatic carbocycles. The highest BCUT2D eigenvalue weighted by Crippen LogP contribution is 2.15. The Kier molecular flexibility index (Phi) is 48.8. The molecule has 62 heavy (non-hydrogen) atoms. The first-order valence-electron chi connectivity index (χ1n) is 26.7. The van der Waals surface area contributed by atoms with E-state index in [4.69, 9.17) is 14.2 Å². The molecule has 1 atom stereocenters. The van der Waals surface area contributed by atoms with Gasteiger partial charge in [-0.1, -0.05) is 230 Å². The fourth-order valence-corrected chi connectivity index (χ4v) is 7.56. The molecule has 6 nitrogen and oxygen atoms in total. The van der Waals surface area contributed by atoms with Crippen LogP contribution in [0, 0.1) is 0 Å². The van der Waals surface area contributed by atoms with E-state index < -0.39 is 6.10 Å². The largest absolute Gasteiger partial charge is 0.462 e. The highest BCUT2D eigenvalue weighted by atomic mass is 16.6. The van der Waals surface area contributed by atoms with Gasteiger partial charge in [-0.05, 0) is 70.6 Å². The smallest absolute Gasteiger partial charge is 0.306 e. The van der Waals surface area contributed by atoms with Crippen LogP contribution in [-0.2, 0) is 28.6 Å².